The molecule has 4 heteroatoms. The molecule has 0 aliphatic carbocycles. The number of halogens is 2. The number of hydrogen-bond donors (Lipinski definition) is 0. The van der Waals surface area contributed by atoms with Crippen molar-refractivity contribution in [3.8, 4) is 0 Å². The lowest BCUT2D eigenvalue weighted by Crippen LogP contribution is -1.85. The Morgan fingerprint density at radius 1 is 0.615 bits per heavy atom. The third kappa shape index (κ3) is 4.99. The summed E-state index contributed by atoms with van der Waals surface area (Å²) < 4.78 is 2.00. The maximum atomic E-state index is 4.55. The Labute approximate surface area is 171 Å². The van der Waals surface area contributed by atoms with Crippen molar-refractivity contribution in [3.05, 3.63) is 91.9 Å². The van der Waals surface area contributed by atoms with E-state index in [-0.39, 0.29) is 0 Å². The fraction of sp³-hybridized carbons (Fsp3) is 0.0909. The van der Waals surface area contributed by atoms with Crippen molar-refractivity contribution in [1.82, 2.24) is 0 Å². The molecular weight excluding hydrogens is 452 g/mol. The predicted molar refractivity (Wildman–Crippen MR) is 119 cm³/mol. The summed E-state index contributed by atoms with van der Waals surface area (Å²) in [4.78, 5) is 9.10. The third-order valence-corrected chi connectivity index (χ3v) is 5.12. The van der Waals surface area contributed by atoms with Crippen LogP contribution in [0.3, 0.4) is 0 Å². The highest BCUT2D eigenvalue weighted by atomic mass is 79.9. The van der Waals surface area contributed by atoms with Gasteiger partial charge in [0.1, 0.15) is 0 Å². The first kappa shape index (κ1) is 18.7. The molecule has 0 unspecified atom stereocenters. The Morgan fingerprint density at radius 2 is 1.00 bits per heavy atom. The first-order valence-electron chi connectivity index (χ1n) is 8.22. The average molecular weight is 470 g/mol. The monoisotopic (exact) mass is 468 g/mol. The van der Waals surface area contributed by atoms with E-state index in [1.165, 1.54) is 11.1 Å². The van der Waals surface area contributed by atoms with Crippen LogP contribution < -0.4 is 0 Å². The molecule has 0 atom stereocenters. The van der Waals surface area contributed by atoms with E-state index in [1.807, 2.05) is 48.8 Å². The predicted octanol–water partition coefficient (Wildman–Crippen LogP) is 7.33. The average Bonchev–Trinajstić information content (AvgIpc) is 2.61. The van der Waals surface area contributed by atoms with Crippen LogP contribution in [0.25, 0.3) is 0 Å². The Balaban J connectivity index is 1.72. The van der Waals surface area contributed by atoms with Crippen molar-refractivity contribution in [3.63, 3.8) is 0 Å². The van der Waals surface area contributed by atoms with Crippen LogP contribution in [0, 0.1) is 13.8 Å². The lowest BCUT2D eigenvalue weighted by Gasteiger charge is -2.01. The Morgan fingerprint density at radius 3 is 1.35 bits per heavy atom. The maximum absolute atomic E-state index is 4.55. The molecule has 3 aromatic rings. The van der Waals surface area contributed by atoms with E-state index in [2.05, 4.69) is 80.0 Å². The van der Waals surface area contributed by atoms with Crippen LogP contribution in [0.5, 0.6) is 0 Å². The minimum Gasteiger partial charge on any atom is -0.255 e. The maximum Gasteiger partial charge on any atom is 0.0772 e. The van der Waals surface area contributed by atoms with Gasteiger partial charge in [0.2, 0.25) is 0 Å². The first-order valence-corrected chi connectivity index (χ1v) is 9.80. The molecule has 0 amide bonds. The zero-order valence-corrected chi connectivity index (χ0v) is 17.8. The van der Waals surface area contributed by atoms with Crippen molar-refractivity contribution in [2.75, 3.05) is 0 Å². The molecule has 0 N–H and O–H groups in total. The topological polar surface area (TPSA) is 24.7 Å². The minimum atomic E-state index is 0.922. The van der Waals surface area contributed by atoms with Crippen LogP contribution in [-0.4, -0.2) is 12.4 Å². The molecule has 3 aromatic carbocycles. The minimum absolute atomic E-state index is 0.922. The quantitative estimate of drug-likeness (QED) is 0.357. The van der Waals surface area contributed by atoms with Gasteiger partial charge in [-0.15, -0.1) is 0 Å². The molecule has 0 aromatic heterocycles. The van der Waals surface area contributed by atoms with Crippen molar-refractivity contribution in [2.24, 2.45) is 9.98 Å². The molecule has 3 rings (SSSR count). The highest BCUT2D eigenvalue weighted by Crippen LogP contribution is 2.27. The van der Waals surface area contributed by atoms with Gasteiger partial charge in [-0.05, 0) is 92.2 Å². The summed E-state index contributed by atoms with van der Waals surface area (Å²) in [6, 6.07) is 20.4. The molecule has 26 heavy (non-hydrogen) atoms. The molecule has 0 heterocycles. The van der Waals surface area contributed by atoms with Gasteiger partial charge in [-0.25, -0.2) is 0 Å². The van der Waals surface area contributed by atoms with Gasteiger partial charge in [-0.1, -0.05) is 36.4 Å². The second-order valence-corrected chi connectivity index (χ2v) is 7.80. The number of rotatable bonds is 4. The van der Waals surface area contributed by atoms with Gasteiger partial charge in [0.15, 0.2) is 0 Å². The van der Waals surface area contributed by atoms with Gasteiger partial charge >= 0.3 is 0 Å². The van der Waals surface area contributed by atoms with Gasteiger partial charge < -0.3 is 0 Å². The van der Waals surface area contributed by atoms with Crippen LogP contribution in [0.2, 0.25) is 0 Å². The summed E-state index contributed by atoms with van der Waals surface area (Å²) in [6.45, 7) is 4.13. The number of aryl methyl sites for hydroxylation is 2. The number of nitrogens with zero attached hydrogens (tertiary/aromatic N) is 2. The van der Waals surface area contributed by atoms with Crippen LogP contribution in [0.1, 0.15) is 22.3 Å². The second-order valence-electron chi connectivity index (χ2n) is 6.09. The van der Waals surface area contributed by atoms with Crippen molar-refractivity contribution >= 4 is 55.7 Å². The lowest BCUT2D eigenvalue weighted by molar-refractivity contribution is 1.41. The lowest BCUT2D eigenvalue weighted by atomic mass is 10.1. The van der Waals surface area contributed by atoms with Gasteiger partial charge in [0.05, 0.1) is 11.4 Å². The van der Waals surface area contributed by atoms with Crippen molar-refractivity contribution < 1.29 is 0 Å². The number of aliphatic imine (C=N–C) groups is 2. The summed E-state index contributed by atoms with van der Waals surface area (Å²) in [5, 5.41) is 0. The molecule has 0 radical (unpaired) electrons. The van der Waals surface area contributed by atoms with E-state index in [0.717, 1.165) is 31.4 Å². The number of hydrogen-bond acceptors (Lipinski definition) is 2. The standard InChI is InChI=1S/C22H18Br2N2/c1-15-3-9-21(19(23)11-15)25-13-17-5-7-18(8-6-17)14-26-22-10-4-16(2)12-20(22)24/h3-14H,1-2H3. The van der Waals surface area contributed by atoms with Crippen LogP contribution in [-0.2, 0) is 0 Å². The van der Waals surface area contributed by atoms with Gasteiger partial charge in [0.25, 0.3) is 0 Å². The molecule has 0 fully saturated rings. The van der Waals surface area contributed by atoms with Crippen LogP contribution in [0.4, 0.5) is 11.4 Å². The van der Waals surface area contributed by atoms with E-state index in [4.69, 9.17) is 0 Å². The first-order chi connectivity index (χ1) is 12.5. The normalized spacial score (nSPS) is 11.5. The van der Waals surface area contributed by atoms with Crippen LogP contribution >= 0.6 is 31.9 Å². The summed E-state index contributed by atoms with van der Waals surface area (Å²) >= 11 is 7.10. The van der Waals surface area contributed by atoms with Gasteiger partial charge in [-0.3, -0.25) is 9.98 Å². The van der Waals surface area contributed by atoms with E-state index >= 15 is 0 Å². The molecule has 0 bridgehead atoms. The van der Waals surface area contributed by atoms with E-state index in [1.54, 1.807) is 0 Å². The van der Waals surface area contributed by atoms with E-state index in [0.29, 0.717) is 0 Å². The highest BCUT2D eigenvalue weighted by molar-refractivity contribution is 9.11. The molecule has 0 saturated carbocycles. The fourth-order valence-electron chi connectivity index (χ4n) is 2.39. The Bertz CT molecular complexity index is 893. The summed E-state index contributed by atoms with van der Waals surface area (Å²) in [5.74, 6) is 0. The highest BCUT2D eigenvalue weighted by Gasteiger charge is 1.99. The molecule has 0 aliphatic rings. The van der Waals surface area contributed by atoms with Gasteiger partial charge in [-0.2, -0.15) is 0 Å². The molecule has 0 spiro atoms. The largest absolute Gasteiger partial charge is 0.255 e. The zero-order chi connectivity index (χ0) is 18.5. The fourth-order valence-corrected chi connectivity index (χ4v) is 3.58. The Kier molecular flexibility index (Phi) is 6.17. The van der Waals surface area contributed by atoms with Crippen LogP contribution in [0.15, 0.2) is 79.6 Å². The third-order valence-electron chi connectivity index (χ3n) is 3.85. The second kappa shape index (κ2) is 8.56. The van der Waals surface area contributed by atoms with E-state index < -0.39 is 0 Å². The summed E-state index contributed by atoms with van der Waals surface area (Å²) in [5.41, 5.74) is 6.35. The van der Waals surface area contributed by atoms with Gasteiger partial charge in [0, 0.05) is 21.4 Å². The SMILES string of the molecule is Cc1ccc(N=Cc2ccc(C=Nc3ccc(C)cc3Br)cc2)c(Br)c1. The summed E-state index contributed by atoms with van der Waals surface area (Å²) in [7, 11) is 0. The molecular formula is C22H18Br2N2. The molecule has 130 valence electrons. The van der Waals surface area contributed by atoms with E-state index in [9.17, 15) is 0 Å². The van der Waals surface area contributed by atoms with Crippen molar-refractivity contribution in [2.45, 2.75) is 13.8 Å². The zero-order valence-electron chi connectivity index (χ0n) is 14.6. The molecule has 0 saturated heterocycles. The number of benzene rings is 3. The smallest absolute Gasteiger partial charge is 0.0772 e. The molecule has 2 nitrogen and oxygen atoms in total. The summed E-state index contributed by atoms with van der Waals surface area (Å²) in [6.07, 6.45) is 3.74. The molecule has 0 aliphatic heterocycles. The Hall–Kier alpha value is -2.04. The van der Waals surface area contributed by atoms with Crippen molar-refractivity contribution in [1.29, 1.82) is 0 Å².